The fourth-order valence-corrected chi connectivity index (χ4v) is 3.36. The Morgan fingerprint density at radius 3 is 2.40 bits per heavy atom. The molecule has 148 valence electrons. The zero-order valence-electron chi connectivity index (χ0n) is 15.6. The van der Waals surface area contributed by atoms with Gasteiger partial charge in [0.1, 0.15) is 12.3 Å². The van der Waals surface area contributed by atoms with Crippen LogP contribution in [0, 0.1) is 0 Å². The monoisotopic (exact) mass is 462 g/mol. The van der Waals surface area contributed by atoms with Gasteiger partial charge in [-0.15, -0.1) is 0 Å². The van der Waals surface area contributed by atoms with E-state index >= 15 is 0 Å². The molecule has 0 saturated heterocycles. The first-order valence-corrected chi connectivity index (χ1v) is 9.86. The molecule has 0 fully saturated rings. The molecular formula is C23H15BrN2O4. The molecule has 0 aliphatic heterocycles. The van der Waals surface area contributed by atoms with Gasteiger partial charge in [0, 0.05) is 27.9 Å². The number of aromatic nitrogens is 2. The van der Waals surface area contributed by atoms with Crippen molar-refractivity contribution < 1.29 is 14.3 Å². The number of ketones is 1. The van der Waals surface area contributed by atoms with E-state index in [1.807, 2.05) is 6.07 Å². The lowest BCUT2D eigenvalue weighted by Crippen LogP contribution is -2.17. The molecule has 0 radical (unpaired) electrons. The van der Waals surface area contributed by atoms with Crippen molar-refractivity contribution in [3.8, 4) is 0 Å². The molecule has 2 heterocycles. The Kier molecular flexibility index (Phi) is 5.54. The second-order valence-electron chi connectivity index (χ2n) is 6.48. The summed E-state index contributed by atoms with van der Waals surface area (Å²) in [5.41, 5.74) is 1.37. The minimum absolute atomic E-state index is 0.160. The zero-order valence-corrected chi connectivity index (χ0v) is 17.2. The van der Waals surface area contributed by atoms with Gasteiger partial charge in [-0.2, -0.15) is 0 Å². The Hall–Kier alpha value is -3.58. The number of rotatable bonds is 5. The first kappa shape index (κ1) is 19.7. The fraction of sp³-hybridized carbons (Fsp3) is 0.0435. The maximum Gasteiger partial charge on any atom is 0.339 e. The summed E-state index contributed by atoms with van der Waals surface area (Å²) in [4.78, 5) is 42.1. The number of hydrogen-bond acceptors (Lipinski definition) is 5. The van der Waals surface area contributed by atoms with E-state index in [9.17, 15) is 14.4 Å². The van der Waals surface area contributed by atoms with Gasteiger partial charge in [-0.05, 0) is 34.1 Å². The Bertz CT molecular complexity index is 1320. The summed E-state index contributed by atoms with van der Waals surface area (Å²) < 4.78 is 7.50. The molecule has 0 aliphatic carbocycles. The first-order valence-electron chi connectivity index (χ1n) is 9.07. The van der Waals surface area contributed by atoms with Gasteiger partial charge >= 0.3 is 5.97 Å². The number of hydrogen-bond donors (Lipinski definition) is 0. The lowest BCUT2D eigenvalue weighted by atomic mass is 9.98. The van der Waals surface area contributed by atoms with Crippen molar-refractivity contribution in [3.05, 3.63) is 116 Å². The molecule has 4 aromatic rings. The van der Waals surface area contributed by atoms with E-state index in [1.165, 1.54) is 10.5 Å². The number of ether oxygens (including phenoxy) is 1. The fourth-order valence-electron chi connectivity index (χ4n) is 3.02. The van der Waals surface area contributed by atoms with E-state index in [0.29, 0.717) is 16.9 Å². The SMILES string of the molecule is O=C(OCc1cc(=O)n2cc(Br)ccc2n1)c1ccccc1C(=O)c1ccccc1. The van der Waals surface area contributed by atoms with Crippen molar-refractivity contribution in [3.63, 3.8) is 0 Å². The molecule has 0 spiro atoms. The lowest BCUT2D eigenvalue weighted by molar-refractivity contribution is 0.0465. The van der Waals surface area contributed by atoms with Crippen molar-refractivity contribution >= 4 is 33.3 Å². The summed E-state index contributed by atoms with van der Waals surface area (Å²) in [5, 5.41) is 0. The average Bonchev–Trinajstić information content (AvgIpc) is 2.78. The molecule has 6 nitrogen and oxygen atoms in total. The minimum atomic E-state index is -0.660. The molecule has 0 atom stereocenters. The van der Waals surface area contributed by atoms with Gasteiger partial charge in [0.15, 0.2) is 5.78 Å². The molecule has 2 aromatic carbocycles. The number of esters is 1. The van der Waals surface area contributed by atoms with Crippen LogP contribution in [0.25, 0.3) is 5.65 Å². The second kappa shape index (κ2) is 8.42. The van der Waals surface area contributed by atoms with Crippen LogP contribution in [0.5, 0.6) is 0 Å². The summed E-state index contributed by atoms with van der Waals surface area (Å²) in [6, 6.07) is 20.0. The van der Waals surface area contributed by atoms with Crippen molar-refractivity contribution in [2.45, 2.75) is 6.61 Å². The smallest absolute Gasteiger partial charge is 0.339 e. The summed E-state index contributed by atoms with van der Waals surface area (Å²) in [6.07, 6.45) is 1.62. The number of nitrogens with zero attached hydrogens (tertiary/aromatic N) is 2. The lowest BCUT2D eigenvalue weighted by Gasteiger charge is -2.09. The third kappa shape index (κ3) is 4.06. The highest BCUT2D eigenvalue weighted by Gasteiger charge is 2.19. The molecule has 0 amide bonds. The number of pyridine rings is 1. The number of halogens is 1. The van der Waals surface area contributed by atoms with Crippen molar-refractivity contribution in [2.75, 3.05) is 0 Å². The molecule has 0 bridgehead atoms. The Morgan fingerprint density at radius 2 is 1.63 bits per heavy atom. The van der Waals surface area contributed by atoms with Crippen LogP contribution in [0.15, 0.2) is 88.3 Å². The third-order valence-electron chi connectivity index (χ3n) is 4.46. The van der Waals surface area contributed by atoms with Crippen LogP contribution in [0.1, 0.15) is 32.0 Å². The number of carbonyl (C=O) groups excluding carboxylic acids is 2. The van der Waals surface area contributed by atoms with E-state index in [1.54, 1.807) is 66.9 Å². The van der Waals surface area contributed by atoms with E-state index in [2.05, 4.69) is 20.9 Å². The topological polar surface area (TPSA) is 77.7 Å². The molecule has 7 heteroatoms. The van der Waals surface area contributed by atoms with Crippen LogP contribution in [-0.2, 0) is 11.3 Å². The second-order valence-corrected chi connectivity index (χ2v) is 7.39. The maximum atomic E-state index is 12.8. The summed E-state index contributed by atoms with van der Waals surface area (Å²) in [5.74, 6) is -0.927. The van der Waals surface area contributed by atoms with Gasteiger partial charge in [0.2, 0.25) is 0 Å². The van der Waals surface area contributed by atoms with Gasteiger partial charge in [-0.1, -0.05) is 48.5 Å². The van der Waals surface area contributed by atoms with Crippen molar-refractivity contribution in [1.29, 1.82) is 0 Å². The molecule has 0 unspecified atom stereocenters. The van der Waals surface area contributed by atoms with Crippen LogP contribution in [0.2, 0.25) is 0 Å². The Morgan fingerprint density at radius 1 is 0.933 bits per heavy atom. The zero-order chi connectivity index (χ0) is 21.1. The highest BCUT2D eigenvalue weighted by molar-refractivity contribution is 9.10. The number of carbonyl (C=O) groups is 2. The molecule has 30 heavy (non-hydrogen) atoms. The van der Waals surface area contributed by atoms with E-state index in [0.717, 1.165) is 4.47 Å². The van der Waals surface area contributed by atoms with Crippen LogP contribution in [0.3, 0.4) is 0 Å². The molecule has 0 aliphatic rings. The number of fused-ring (bicyclic) bond motifs is 1. The van der Waals surface area contributed by atoms with Gasteiger partial charge in [0.25, 0.3) is 5.56 Å². The van der Waals surface area contributed by atoms with Gasteiger partial charge < -0.3 is 4.74 Å². The van der Waals surface area contributed by atoms with Crippen LogP contribution < -0.4 is 5.56 Å². The van der Waals surface area contributed by atoms with Crippen LogP contribution in [-0.4, -0.2) is 21.1 Å². The maximum absolute atomic E-state index is 12.8. The molecule has 2 aromatic heterocycles. The number of benzene rings is 2. The van der Waals surface area contributed by atoms with E-state index in [4.69, 9.17) is 4.74 Å². The van der Waals surface area contributed by atoms with Crippen molar-refractivity contribution in [1.82, 2.24) is 9.38 Å². The molecule has 4 rings (SSSR count). The molecule has 0 saturated carbocycles. The minimum Gasteiger partial charge on any atom is -0.456 e. The summed E-state index contributed by atoms with van der Waals surface area (Å²) in [6.45, 7) is -0.186. The Labute approximate surface area is 179 Å². The van der Waals surface area contributed by atoms with Gasteiger partial charge in [-0.3, -0.25) is 14.0 Å². The van der Waals surface area contributed by atoms with Crippen LogP contribution in [0.4, 0.5) is 0 Å². The summed E-state index contributed by atoms with van der Waals surface area (Å²) >= 11 is 3.31. The van der Waals surface area contributed by atoms with Gasteiger partial charge in [0.05, 0.1) is 11.3 Å². The van der Waals surface area contributed by atoms with E-state index in [-0.39, 0.29) is 29.1 Å². The highest BCUT2D eigenvalue weighted by Crippen LogP contribution is 2.16. The summed E-state index contributed by atoms with van der Waals surface area (Å²) in [7, 11) is 0. The standard InChI is InChI=1S/C23H15BrN2O4/c24-16-10-11-20-25-17(12-21(27)26(20)13-16)14-30-23(29)19-9-5-4-8-18(19)22(28)15-6-2-1-3-7-15/h1-13H,14H2. The largest absolute Gasteiger partial charge is 0.456 e. The average molecular weight is 463 g/mol. The normalized spacial score (nSPS) is 10.7. The predicted molar refractivity (Wildman–Crippen MR) is 115 cm³/mol. The van der Waals surface area contributed by atoms with Crippen molar-refractivity contribution in [2.24, 2.45) is 0 Å². The van der Waals surface area contributed by atoms with E-state index < -0.39 is 5.97 Å². The Balaban J connectivity index is 1.57. The first-order chi connectivity index (χ1) is 14.5. The van der Waals surface area contributed by atoms with Crippen LogP contribution >= 0.6 is 15.9 Å². The third-order valence-corrected chi connectivity index (χ3v) is 4.92. The highest BCUT2D eigenvalue weighted by atomic mass is 79.9. The van der Waals surface area contributed by atoms with Gasteiger partial charge in [-0.25, -0.2) is 9.78 Å². The molecular weight excluding hydrogens is 448 g/mol. The predicted octanol–water partition coefficient (Wildman–Crippen LogP) is 4.05. The quantitative estimate of drug-likeness (QED) is 0.330. The molecule has 0 N–H and O–H groups in total.